The molecular weight excluding hydrogens is 691 g/mol. The number of para-hydroxylation sites is 1. The van der Waals surface area contributed by atoms with Gasteiger partial charge in [-0.3, -0.25) is 0 Å². The third-order valence-electron chi connectivity index (χ3n) is 13.8. The molecule has 2 nitrogen and oxygen atoms in total. The van der Waals surface area contributed by atoms with Crippen LogP contribution in [0, 0.1) is 0 Å². The predicted molar refractivity (Wildman–Crippen MR) is 238 cm³/mol. The fourth-order valence-electron chi connectivity index (χ4n) is 11.4. The fourth-order valence-corrected chi connectivity index (χ4v) is 11.4. The maximum Gasteiger partial charge on any atom is 0.143 e. The minimum Gasteiger partial charge on any atom is -0.455 e. The molecule has 1 saturated carbocycles. The van der Waals surface area contributed by atoms with E-state index in [9.17, 15) is 0 Å². The van der Waals surface area contributed by atoms with Crippen LogP contribution in [0.5, 0.6) is 0 Å². The van der Waals surface area contributed by atoms with E-state index in [0.29, 0.717) is 0 Å². The van der Waals surface area contributed by atoms with Crippen LogP contribution in [0.25, 0.3) is 66.1 Å². The van der Waals surface area contributed by atoms with Crippen LogP contribution in [0.1, 0.15) is 68.2 Å². The number of hydrogen-bond acceptors (Lipinski definition) is 2. The van der Waals surface area contributed by atoms with Crippen LogP contribution in [-0.4, -0.2) is 0 Å². The molecule has 3 aliphatic rings. The summed E-state index contributed by atoms with van der Waals surface area (Å²) in [5.41, 5.74) is 18.9. The minimum absolute atomic E-state index is 0.0364. The van der Waals surface area contributed by atoms with Gasteiger partial charge >= 0.3 is 0 Å². The van der Waals surface area contributed by atoms with Gasteiger partial charge < -0.3 is 9.32 Å². The van der Waals surface area contributed by atoms with Gasteiger partial charge in [0.2, 0.25) is 0 Å². The number of nitrogens with zero attached hydrogens (tertiary/aromatic N) is 1. The van der Waals surface area contributed by atoms with Gasteiger partial charge in [-0.1, -0.05) is 161 Å². The van der Waals surface area contributed by atoms with E-state index in [0.717, 1.165) is 38.7 Å². The van der Waals surface area contributed by atoms with Gasteiger partial charge in [0.1, 0.15) is 11.2 Å². The zero-order chi connectivity index (χ0) is 37.9. The van der Waals surface area contributed by atoms with Gasteiger partial charge in [-0.05, 0) is 105 Å². The molecule has 12 rings (SSSR count). The predicted octanol–water partition coefficient (Wildman–Crippen LogP) is 15.4. The van der Waals surface area contributed by atoms with Gasteiger partial charge in [0, 0.05) is 32.9 Å². The quantitative estimate of drug-likeness (QED) is 0.179. The Labute approximate surface area is 334 Å². The third-order valence-corrected chi connectivity index (χ3v) is 13.8. The fraction of sp³-hybridized carbons (Fsp3) is 0.164. The molecule has 0 aliphatic heterocycles. The van der Waals surface area contributed by atoms with Crippen molar-refractivity contribution in [3.05, 3.63) is 186 Å². The molecule has 0 unspecified atom stereocenters. The molecule has 0 radical (unpaired) electrons. The number of fused-ring (bicyclic) bond motifs is 13. The maximum atomic E-state index is 6.85. The van der Waals surface area contributed by atoms with E-state index >= 15 is 0 Å². The molecule has 1 heterocycles. The molecule has 2 heteroatoms. The molecule has 57 heavy (non-hydrogen) atoms. The van der Waals surface area contributed by atoms with Crippen LogP contribution >= 0.6 is 0 Å². The number of furan rings is 1. The highest BCUT2D eigenvalue weighted by atomic mass is 16.3. The summed E-state index contributed by atoms with van der Waals surface area (Å²) >= 11 is 0. The molecular formula is C55H43NO. The summed E-state index contributed by atoms with van der Waals surface area (Å²) in [4.78, 5) is 2.55. The second kappa shape index (κ2) is 12.1. The molecule has 1 spiro atoms. The van der Waals surface area contributed by atoms with Crippen molar-refractivity contribution in [2.24, 2.45) is 0 Å². The minimum atomic E-state index is -0.158. The molecule has 3 aliphatic carbocycles. The highest BCUT2D eigenvalue weighted by Crippen LogP contribution is 2.58. The zero-order valence-corrected chi connectivity index (χ0v) is 32.5. The lowest BCUT2D eigenvalue weighted by Crippen LogP contribution is -2.28. The summed E-state index contributed by atoms with van der Waals surface area (Å²) < 4.78 is 6.85. The molecule has 0 saturated heterocycles. The number of rotatable bonds is 4. The lowest BCUT2D eigenvalue weighted by molar-refractivity contribution is 0.353. The summed E-state index contributed by atoms with van der Waals surface area (Å²) in [6, 6.07) is 61.2. The largest absolute Gasteiger partial charge is 0.455 e. The van der Waals surface area contributed by atoms with Crippen LogP contribution in [0.4, 0.5) is 17.1 Å². The Balaban J connectivity index is 1.15. The number of benzene rings is 8. The SMILES string of the molecule is CC1(C)c2ccccc2-c2cccc(-c3ccccc3N(c3ccc4c(c3)C3(CCCCC3)c3ccccc3-4)c3cccc4oc5c6ccccc6ccc5c34)c21. The number of anilines is 3. The van der Waals surface area contributed by atoms with E-state index < -0.39 is 0 Å². The van der Waals surface area contributed by atoms with E-state index in [1.54, 1.807) is 0 Å². The summed E-state index contributed by atoms with van der Waals surface area (Å²) in [5, 5.41) is 4.59. The van der Waals surface area contributed by atoms with E-state index in [2.05, 4.69) is 183 Å². The van der Waals surface area contributed by atoms with E-state index in [4.69, 9.17) is 4.42 Å². The van der Waals surface area contributed by atoms with Crippen LogP contribution in [0.3, 0.4) is 0 Å². The van der Waals surface area contributed by atoms with E-state index in [1.165, 1.54) is 98.8 Å². The summed E-state index contributed by atoms with van der Waals surface area (Å²) in [6.45, 7) is 4.79. The number of hydrogen-bond donors (Lipinski definition) is 0. The smallest absolute Gasteiger partial charge is 0.143 e. The normalized spacial score (nSPS) is 15.8. The van der Waals surface area contributed by atoms with Crippen molar-refractivity contribution in [1.29, 1.82) is 0 Å². The van der Waals surface area contributed by atoms with Gasteiger partial charge in [0.25, 0.3) is 0 Å². The topological polar surface area (TPSA) is 16.4 Å². The second-order valence-electron chi connectivity index (χ2n) is 17.1. The van der Waals surface area contributed by atoms with Crippen molar-refractivity contribution < 1.29 is 4.42 Å². The second-order valence-corrected chi connectivity index (χ2v) is 17.1. The van der Waals surface area contributed by atoms with Crippen LogP contribution in [0.2, 0.25) is 0 Å². The maximum absolute atomic E-state index is 6.85. The van der Waals surface area contributed by atoms with Gasteiger partial charge in [-0.25, -0.2) is 0 Å². The van der Waals surface area contributed by atoms with E-state index in [-0.39, 0.29) is 10.8 Å². The van der Waals surface area contributed by atoms with Crippen molar-refractivity contribution in [2.75, 3.05) is 4.90 Å². The Morgan fingerprint density at radius 2 is 1.11 bits per heavy atom. The van der Waals surface area contributed by atoms with Gasteiger partial charge in [-0.2, -0.15) is 0 Å². The summed E-state index contributed by atoms with van der Waals surface area (Å²) in [6.07, 6.45) is 6.21. The first-order valence-electron chi connectivity index (χ1n) is 20.7. The molecule has 8 aromatic carbocycles. The van der Waals surface area contributed by atoms with Crippen LogP contribution in [-0.2, 0) is 10.8 Å². The molecule has 0 atom stereocenters. The van der Waals surface area contributed by atoms with Crippen molar-refractivity contribution in [2.45, 2.75) is 56.8 Å². The molecule has 0 amide bonds. The molecule has 9 aromatic rings. The third kappa shape index (κ3) is 4.53. The monoisotopic (exact) mass is 733 g/mol. The highest BCUT2D eigenvalue weighted by Gasteiger charge is 2.44. The standard InChI is InChI=1S/C55H43NO/c1-54(2)45-23-9-6-19-39(45)42-21-14-22-43(52(42)54)41-20-8-11-25-48(41)56(49-26-15-27-50-51(49)44-30-28-35-16-4-5-17-37(35)53(44)57-50)36-29-31-40-38-18-7-10-24-46(38)55(47(40)34-36)32-12-3-13-33-55/h4-11,14-31,34H,3,12-13,32-33H2,1-2H3. The summed E-state index contributed by atoms with van der Waals surface area (Å²) in [5.74, 6) is 0. The zero-order valence-electron chi connectivity index (χ0n) is 32.5. The van der Waals surface area contributed by atoms with Crippen molar-refractivity contribution >= 4 is 49.8 Å². The Morgan fingerprint density at radius 3 is 1.95 bits per heavy atom. The lowest BCUT2D eigenvalue weighted by atomic mass is 9.68. The van der Waals surface area contributed by atoms with Crippen LogP contribution in [0.15, 0.2) is 168 Å². The van der Waals surface area contributed by atoms with Crippen LogP contribution < -0.4 is 4.90 Å². The van der Waals surface area contributed by atoms with Gasteiger partial charge in [0.15, 0.2) is 0 Å². The van der Waals surface area contributed by atoms with E-state index in [1.807, 2.05) is 0 Å². The molecule has 0 N–H and O–H groups in total. The van der Waals surface area contributed by atoms with Gasteiger partial charge in [-0.15, -0.1) is 0 Å². The molecule has 1 aromatic heterocycles. The Bertz CT molecular complexity index is 3100. The van der Waals surface area contributed by atoms with Crippen molar-refractivity contribution in [3.8, 4) is 33.4 Å². The average molecular weight is 734 g/mol. The first kappa shape index (κ1) is 32.8. The first-order chi connectivity index (χ1) is 28.0. The summed E-state index contributed by atoms with van der Waals surface area (Å²) in [7, 11) is 0. The Morgan fingerprint density at radius 1 is 0.474 bits per heavy atom. The molecule has 274 valence electrons. The average Bonchev–Trinajstić information content (AvgIpc) is 3.86. The van der Waals surface area contributed by atoms with Crippen molar-refractivity contribution in [3.63, 3.8) is 0 Å². The molecule has 0 bridgehead atoms. The van der Waals surface area contributed by atoms with Crippen molar-refractivity contribution in [1.82, 2.24) is 0 Å². The Kier molecular flexibility index (Phi) is 6.95. The Hall–Kier alpha value is -6.38. The lowest BCUT2D eigenvalue weighted by Gasteiger charge is -2.37. The molecule has 1 fully saturated rings. The first-order valence-corrected chi connectivity index (χ1v) is 20.7. The van der Waals surface area contributed by atoms with Gasteiger partial charge in [0.05, 0.1) is 16.8 Å². The highest BCUT2D eigenvalue weighted by molar-refractivity contribution is 6.20.